The zero-order valence-corrected chi connectivity index (χ0v) is 32.6. The fourth-order valence-electron chi connectivity index (χ4n) is 8.39. The predicted molar refractivity (Wildman–Crippen MR) is 249 cm³/mol. The number of hydrogen-bond donors (Lipinski definition) is 0. The molecule has 9 aromatic carbocycles. The van der Waals surface area contributed by atoms with Gasteiger partial charge in [-0.2, -0.15) is 0 Å². The molecule has 2 heterocycles. The largest absolute Gasteiger partial charge is 0.308 e. The molecule has 0 N–H and O–H groups in total. The Morgan fingerprint density at radius 3 is 1.37 bits per heavy atom. The Balaban J connectivity index is 1.12. The number of rotatable bonds is 7. The zero-order chi connectivity index (χ0) is 37.7. The number of fused-ring (bicyclic) bond motifs is 6. The molecule has 268 valence electrons. The van der Waals surface area contributed by atoms with Crippen LogP contribution in [0, 0.1) is 0 Å². The maximum Gasteiger partial charge on any atom is 0.0718 e. The van der Waals surface area contributed by atoms with Crippen LogP contribution in [0.5, 0.6) is 0 Å². The lowest BCUT2D eigenvalue weighted by atomic mass is 9.94. The molecule has 0 radical (unpaired) electrons. The summed E-state index contributed by atoms with van der Waals surface area (Å²) in [5.41, 5.74) is 13.2. The molecule has 3 heteroatoms. The summed E-state index contributed by atoms with van der Waals surface area (Å²) in [6.07, 6.45) is 0. The third-order valence-electron chi connectivity index (χ3n) is 11.1. The van der Waals surface area contributed by atoms with Gasteiger partial charge in [-0.15, -0.1) is 22.7 Å². The van der Waals surface area contributed by atoms with E-state index < -0.39 is 0 Å². The van der Waals surface area contributed by atoms with E-state index in [9.17, 15) is 0 Å². The summed E-state index contributed by atoms with van der Waals surface area (Å²) in [5.74, 6) is 0. The molecule has 0 unspecified atom stereocenters. The highest BCUT2D eigenvalue weighted by atomic mass is 32.1. The van der Waals surface area contributed by atoms with Gasteiger partial charge in [0.1, 0.15) is 0 Å². The Hall–Kier alpha value is -6.78. The number of anilines is 3. The van der Waals surface area contributed by atoms with E-state index >= 15 is 0 Å². The van der Waals surface area contributed by atoms with E-state index in [0.717, 1.165) is 11.4 Å². The van der Waals surface area contributed by atoms with E-state index in [1.165, 1.54) is 90.5 Å². The molecule has 0 saturated carbocycles. The molecule has 0 atom stereocenters. The summed E-state index contributed by atoms with van der Waals surface area (Å²) in [5, 5.41) is 5.20. The van der Waals surface area contributed by atoms with Crippen molar-refractivity contribution in [1.82, 2.24) is 0 Å². The Morgan fingerprint density at radius 1 is 0.281 bits per heavy atom. The first-order valence-corrected chi connectivity index (χ1v) is 21.0. The third-order valence-corrected chi connectivity index (χ3v) is 13.5. The molecule has 0 bridgehead atoms. The van der Waals surface area contributed by atoms with Crippen LogP contribution in [0.2, 0.25) is 0 Å². The average Bonchev–Trinajstić information content (AvgIpc) is 3.87. The first kappa shape index (κ1) is 33.5. The minimum absolute atomic E-state index is 1.11. The number of nitrogens with zero attached hydrogens (tertiary/aromatic N) is 1. The SMILES string of the molecule is c1ccc(-c2ccc(N(c3ccc(-c4ccc(-c5ccccc5)c5c4sc4ccccc45)cc3)c3c(-c4ccccc4)ccc4c3sc3ccccc34)cc2)cc1. The monoisotopic (exact) mass is 761 g/mol. The van der Waals surface area contributed by atoms with Crippen LogP contribution in [0.15, 0.2) is 212 Å². The summed E-state index contributed by atoms with van der Waals surface area (Å²) in [7, 11) is 0. The van der Waals surface area contributed by atoms with Crippen molar-refractivity contribution in [3.8, 4) is 44.5 Å². The van der Waals surface area contributed by atoms with Crippen molar-refractivity contribution in [3.05, 3.63) is 212 Å². The van der Waals surface area contributed by atoms with Crippen LogP contribution in [0.25, 0.3) is 84.9 Å². The lowest BCUT2D eigenvalue weighted by Crippen LogP contribution is -2.11. The maximum absolute atomic E-state index is 2.48. The molecule has 0 aliphatic heterocycles. The molecule has 2 aromatic heterocycles. The first-order valence-electron chi connectivity index (χ1n) is 19.3. The second kappa shape index (κ2) is 14.1. The lowest BCUT2D eigenvalue weighted by molar-refractivity contribution is 1.30. The molecule has 0 spiro atoms. The van der Waals surface area contributed by atoms with Gasteiger partial charge < -0.3 is 4.90 Å². The van der Waals surface area contributed by atoms with E-state index in [1.807, 2.05) is 22.7 Å². The Morgan fingerprint density at radius 2 is 0.719 bits per heavy atom. The van der Waals surface area contributed by atoms with Gasteiger partial charge in [0.15, 0.2) is 0 Å². The predicted octanol–water partition coefficient (Wildman–Crippen LogP) is 16.6. The zero-order valence-electron chi connectivity index (χ0n) is 31.0. The van der Waals surface area contributed by atoms with E-state index in [-0.39, 0.29) is 0 Å². The molecule has 0 aliphatic rings. The molecule has 0 fully saturated rings. The van der Waals surface area contributed by atoms with E-state index in [1.54, 1.807) is 0 Å². The van der Waals surface area contributed by atoms with Gasteiger partial charge >= 0.3 is 0 Å². The van der Waals surface area contributed by atoms with Crippen molar-refractivity contribution in [2.75, 3.05) is 4.90 Å². The fourth-order valence-corrected chi connectivity index (χ4v) is 10.9. The normalized spacial score (nSPS) is 11.5. The van der Waals surface area contributed by atoms with Crippen LogP contribution in [0.1, 0.15) is 0 Å². The van der Waals surface area contributed by atoms with Crippen molar-refractivity contribution in [3.63, 3.8) is 0 Å². The second-order valence-electron chi connectivity index (χ2n) is 14.4. The molecule has 0 aliphatic carbocycles. The van der Waals surface area contributed by atoms with Crippen molar-refractivity contribution in [2.24, 2.45) is 0 Å². The van der Waals surface area contributed by atoms with Crippen LogP contribution in [-0.2, 0) is 0 Å². The Labute approximate surface area is 340 Å². The van der Waals surface area contributed by atoms with Crippen LogP contribution in [0.4, 0.5) is 17.1 Å². The topological polar surface area (TPSA) is 3.24 Å². The number of benzene rings is 9. The summed E-state index contributed by atoms with van der Waals surface area (Å²) < 4.78 is 5.20. The molecule has 11 rings (SSSR count). The molecule has 0 saturated heterocycles. The van der Waals surface area contributed by atoms with Gasteiger partial charge in [0.25, 0.3) is 0 Å². The van der Waals surface area contributed by atoms with Crippen molar-refractivity contribution >= 4 is 80.1 Å². The summed E-state index contributed by atoms with van der Waals surface area (Å²) >= 11 is 3.77. The maximum atomic E-state index is 2.48. The summed E-state index contributed by atoms with van der Waals surface area (Å²) in [4.78, 5) is 2.48. The lowest BCUT2D eigenvalue weighted by Gasteiger charge is -2.29. The Bertz CT molecular complexity index is 3200. The first-order chi connectivity index (χ1) is 28.3. The summed E-state index contributed by atoms with van der Waals surface area (Å²) in [6, 6.07) is 77.5. The van der Waals surface area contributed by atoms with E-state index in [0.29, 0.717) is 0 Å². The van der Waals surface area contributed by atoms with Crippen LogP contribution >= 0.6 is 22.7 Å². The minimum atomic E-state index is 1.11. The average molecular weight is 762 g/mol. The van der Waals surface area contributed by atoms with Gasteiger partial charge in [-0.05, 0) is 75.3 Å². The van der Waals surface area contributed by atoms with Gasteiger partial charge in [0.05, 0.1) is 10.4 Å². The number of thiophene rings is 2. The van der Waals surface area contributed by atoms with E-state index in [2.05, 4.69) is 217 Å². The Kier molecular flexibility index (Phi) is 8.28. The van der Waals surface area contributed by atoms with Gasteiger partial charge in [-0.3, -0.25) is 0 Å². The van der Waals surface area contributed by atoms with Crippen molar-refractivity contribution in [2.45, 2.75) is 0 Å². The highest BCUT2D eigenvalue weighted by Gasteiger charge is 2.23. The van der Waals surface area contributed by atoms with Gasteiger partial charge in [-0.25, -0.2) is 0 Å². The third kappa shape index (κ3) is 5.83. The van der Waals surface area contributed by atoms with Crippen molar-refractivity contribution < 1.29 is 0 Å². The molecule has 0 amide bonds. The summed E-state index contributed by atoms with van der Waals surface area (Å²) in [6.45, 7) is 0. The quantitative estimate of drug-likeness (QED) is 0.156. The number of hydrogen-bond acceptors (Lipinski definition) is 3. The second-order valence-corrected chi connectivity index (χ2v) is 16.5. The van der Waals surface area contributed by atoms with Gasteiger partial charge in [-0.1, -0.05) is 176 Å². The standard InChI is InChI=1S/C54H35NS2/c1-4-14-36(15-5-1)37-24-28-41(29-25-37)55(52-44(39-18-8-3-9-19-39)33-35-47-46-20-10-12-22-49(46)57-54(47)52)42-30-26-40(27-31-42)45-34-32-43(38-16-6-2-7-17-38)51-48-21-11-13-23-50(48)56-53(45)51/h1-35H. The van der Waals surface area contributed by atoms with Gasteiger partial charge in [0.2, 0.25) is 0 Å². The molecular weight excluding hydrogens is 727 g/mol. The molecular formula is C54H35NS2. The van der Waals surface area contributed by atoms with E-state index in [4.69, 9.17) is 0 Å². The van der Waals surface area contributed by atoms with Crippen molar-refractivity contribution in [1.29, 1.82) is 0 Å². The fraction of sp³-hybridized carbons (Fsp3) is 0. The van der Waals surface area contributed by atoms with Crippen LogP contribution < -0.4 is 4.90 Å². The molecule has 1 nitrogen and oxygen atoms in total. The van der Waals surface area contributed by atoms with Gasteiger partial charge in [0, 0.05) is 52.6 Å². The molecule has 11 aromatic rings. The van der Waals surface area contributed by atoms with Crippen LogP contribution in [0.3, 0.4) is 0 Å². The highest BCUT2D eigenvalue weighted by molar-refractivity contribution is 7.27. The minimum Gasteiger partial charge on any atom is -0.308 e. The molecule has 57 heavy (non-hydrogen) atoms. The smallest absolute Gasteiger partial charge is 0.0718 e. The highest BCUT2D eigenvalue weighted by Crippen LogP contribution is 2.50. The van der Waals surface area contributed by atoms with Crippen LogP contribution in [-0.4, -0.2) is 0 Å².